The molecule has 1 unspecified atom stereocenters. The Morgan fingerprint density at radius 2 is 2.28 bits per heavy atom. The van der Waals surface area contributed by atoms with E-state index in [0.717, 1.165) is 12.2 Å². The molecule has 3 aromatic rings. The molecule has 0 saturated carbocycles. The molecular weight excluding hydrogens is 260 g/mol. The van der Waals surface area contributed by atoms with Crippen molar-refractivity contribution in [2.24, 2.45) is 0 Å². The zero-order valence-electron chi connectivity index (χ0n) is 10.1. The minimum atomic E-state index is 0.198. The van der Waals surface area contributed by atoms with E-state index in [2.05, 4.69) is 52.3 Å². The van der Waals surface area contributed by atoms with Crippen LogP contribution in [0, 0.1) is 0 Å². The van der Waals surface area contributed by atoms with Crippen molar-refractivity contribution in [1.82, 2.24) is 10.3 Å². The highest BCUT2D eigenvalue weighted by molar-refractivity contribution is 7.17. The van der Waals surface area contributed by atoms with Crippen molar-refractivity contribution in [1.29, 1.82) is 0 Å². The molecule has 92 valence electrons. The molecule has 0 aliphatic rings. The Balaban J connectivity index is 2.12. The second kappa shape index (κ2) is 5.18. The zero-order valence-corrected chi connectivity index (χ0v) is 11.7. The van der Waals surface area contributed by atoms with Gasteiger partial charge in [0.05, 0.1) is 17.2 Å². The monoisotopic (exact) mass is 274 g/mol. The third-order valence-electron chi connectivity index (χ3n) is 2.98. The summed E-state index contributed by atoms with van der Waals surface area (Å²) in [4.78, 5) is 4.46. The van der Waals surface area contributed by atoms with Crippen LogP contribution in [0.25, 0.3) is 10.1 Å². The second-order valence-electron chi connectivity index (χ2n) is 4.09. The molecule has 2 heterocycles. The van der Waals surface area contributed by atoms with Gasteiger partial charge in [-0.2, -0.15) is 0 Å². The van der Waals surface area contributed by atoms with Crippen LogP contribution in [-0.2, 0) is 0 Å². The van der Waals surface area contributed by atoms with Crippen molar-refractivity contribution in [3.05, 3.63) is 51.8 Å². The van der Waals surface area contributed by atoms with Gasteiger partial charge in [-0.1, -0.05) is 25.1 Å². The van der Waals surface area contributed by atoms with E-state index < -0.39 is 0 Å². The van der Waals surface area contributed by atoms with Crippen LogP contribution in [-0.4, -0.2) is 11.5 Å². The fourth-order valence-electron chi connectivity index (χ4n) is 2.19. The van der Waals surface area contributed by atoms with Crippen LogP contribution in [0.3, 0.4) is 0 Å². The Morgan fingerprint density at radius 1 is 1.33 bits per heavy atom. The van der Waals surface area contributed by atoms with Gasteiger partial charge >= 0.3 is 0 Å². The highest BCUT2D eigenvalue weighted by Gasteiger charge is 2.17. The van der Waals surface area contributed by atoms with Crippen molar-refractivity contribution < 1.29 is 0 Å². The summed E-state index contributed by atoms with van der Waals surface area (Å²) >= 11 is 3.45. The summed E-state index contributed by atoms with van der Waals surface area (Å²) in [5.41, 5.74) is 4.34. The summed E-state index contributed by atoms with van der Waals surface area (Å²) in [6.07, 6.45) is 0. The van der Waals surface area contributed by atoms with Gasteiger partial charge in [-0.3, -0.25) is 0 Å². The van der Waals surface area contributed by atoms with Gasteiger partial charge in [0.25, 0.3) is 0 Å². The van der Waals surface area contributed by atoms with E-state index in [4.69, 9.17) is 0 Å². The summed E-state index contributed by atoms with van der Waals surface area (Å²) < 4.78 is 1.36. The summed E-state index contributed by atoms with van der Waals surface area (Å²) in [5.74, 6) is 0. The highest BCUT2D eigenvalue weighted by Crippen LogP contribution is 2.32. The molecule has 18 heavy (non-hydrogen) atoms. The quantitative estimate of drug-likeness (QED) is 0.776. The normalized spacial score (nSPS) is 12.9. The van der Waals surface area contributed by atoms with E-state index in [9.17, 15) is 0 Å². The van der Waals surface area contributed by atoms with Gasteiger partial charge < -0.3 is 5.32 Å². The smallest absolute Gasteiger partial charge is 0.0795 e. The average Bonchev–Trinajstić information content (AvgIpc) is 3.06. The number of nitrogens with one attached hydrogen (secondary N) is 1. The summed E-state index contributed by atoms with van der Waals surface area (Å²) in [5, 5.41) is 9.13. The minimum absolute atomic E-state index is 0.198. The lowest BCUT2D eigenvalue weighted by molar-refractivity contribution is 0.623. The third-order valence-corrected chi connectivity index (χ3v) is 4.56. The molecule has 1 atom stereocenters. The predicted octanol–water partition coefficient (Wildman–Crippen LogP) is 4.06. The molecule has 0 aliphatic heterocycles. The van der Waals surface area contributed by atoms with Gasteiger partial charge in [0.15, 0.2) is 0 Å². The molecule has 0 fully saturated rings. The van der Waals surface area contributed by atoms with Crippen LogP contribution in [0.1, 0.15) is 24.2 Å². The van der Waals surface area contributed by atoms with Crippen LogP contribution in [0.5, 0.6) is 0 Å². The maximum absolute atomic E-state index is 4.46. The molecule has 0 bridgehead atoms. The van der Waals surface area contributed by atoms with E-state index in [-0.39, 0.29) is 6.04 Å². The lowest BCUT2D eigenvalue weighted by atomic mass is 10.0. The van der Waals surface area contributed by atoms with Crippen LogP contribution in [0.4, 0.5) is 0 Å². The van der Waals surface area contributed by atoms with Crippen LogP contribution >= 0.6 is 22.7 Å². The van der Waals surface area contributed by atoms with Crippen molar-refractivity contribution >= 4 is 32.8 Å². The number of nitrogens with zero attached hydrogens (tertiary/aromatic N) is 1. The molecular formula is C14H14N2S2. The number of aromatic nitrogens is 1. The van der Waals surface area contributed by atoms with Crippen molar-refractivity contribution in [3.8, 4) is 0 Å². The minimum Gasteiger partial charge on any atom is -0.305 e. The van der Waals surface area contributed by atoms with Crippen LogP contribution in [0.2, 0.25) is 0 Å². The Labute approximate surface area is 114 Å². The molecule has 0 amide bonds. The number of hydrogen-bond acceptors (Lipinski definition) is 4. The Kier molecular flexibility index (Phi) is 3.41. The molecule has 2 aromatic heterocycles. The first kappa shape index (κ1) is 11.8. The maximum atomic E-state index is 4.46. The molecule has 0 saturated heterocycles. The number of thiazole rings is 1. The standard InChI is InChI=1S/C14H14N2S2/c1-2-15-13(12-8-17-9-16-12)11-5-3-4-10-6-7-18-14(10)11/h3-9,13,15H,2H2,1H3. The number of rotatable bonds is 4. The number of hydrogen-bond donors (Lipinski definition) is 1. The molecule has 2 nitrogen and oxygen atoms in total. The molecule has 0 spiro atoms. The molecule has 4 heteroatoms. The lowest BCUT2D eigenvalue weighted by Crippen LogP contribution is -2.22. The van der Waals surface area contributed by atoms with Crippen molar-refractivity contribution in [2.45, 2.75) is 13.0 Å². The van der Waals surface area contributed by atoms with E-state index >= 15 is 0 Å². The van der Waals surface area contributed by atoms with E-state index in [1.54, 1.807) is 22.7 Å². The first-order valence-electron chi connectivity index (χ1n) is 5.97. The van der Waals surface area contributed by atoms with Gasteiger partial charge in [-0.25, -0.2) is 4.98 Å². The van der Waals surface area contributed by atoms with E-state index in [1.807, 2.05) is 5.51 Å². The first-order valence-corrected chi connectivity index (χ1v) is 7.80. The van der Waals surface area contributed by atoms with Gasteiger partial charge in [0, 0.05) is 10.1 Å². The van der Waals surface area contributed by atoms with Gasteiger partial charge in [0.1, 0.15) is 0 Å². The van der Waals surface area contributed by atoms with Gasteiger partial charge in [0.2, 0.25) is 0 Å². The fraction of sp³-hybridized carbons (Fsp3) is 0.214. The number of benzene rings is 1. The van der Waals surface area contributed by atoms with Gasteiger partial charge in [-0.15, -0.1) is 22.7 Å². The third kappa shape index (κ3) is 2.07. The highest BCUT2D eigenvalue weighted by atomic mass is 32.1. The second-order valence-corrected chi connectivity index (χ2v) is 5.72. The summed E-state index contributed by atoms with van der Waals surface area (Å²) in [6.45, 7) is 3.07. The predicted molar refractivity (Wildman–Crippen MR) is 79.5 cm³/mol. The summed E-state index contributed by atoms with van der Waals surface area (Å²) in [7, 11) is 0. The molecule has 1 aromatic carbocycles. The Hall–Kier alpha value is -1.23. The fourth-order valence-corrected chi connectivity index (χ4v) is 3.71. The topological polar surface area (TPSA) is 24.9 Å². The van der Waals surface area contributed by atoms with E-state index in [0.29, 0.717) is 0 Å². The zero-order chi connectivity index (χ0) is 12.4. The SMILES string of the molecule is CCNC(c1cscn1)c1cccc2ccsc12. The molecule has 1 N–H and O–H groups in total. The van der Waals surface area contributed by atoms with Crippen molar-refractivity contribution in [2.75, 3.05) is 6.54 Å². The summed E-state index contributed by atoms with van der Waals surface area (Å²) in [6, 6.07) is 8.86. The average molecular weight is 274 g/mol. The Bertz CT molecular complexity index is 628. The maximum Gasteiger partial charge on any atom is 0.0795 e. The Morgan fingerprint density at radius 3 is 3.06 bits per heavy atom. The molecule has 0 radical (unpaired) electrons. The van der Waals surface area contributed by atoms with Gasteiger partial charge in [-0.05, 0) is 28.9 Å². The number of fused-ring (bicyclic) bond motifs is 1. The van der Waals surface area contributed by atoms with E-state index in [1.165, 1.54) is 15.6 Å². The lowest BCUT2D eigenvalue weighted by Gasteiger charge is -2.17. The molecule has 3 rings (SSSR count). The van der Waals surface area contributed by atoms with Crippen molar-refractivity contribution in [3.63, 3.8) is 0 Å². The largest absolute Gasteiger partial charge is 0.305 e. The molecule has 0 aliphatic carbocycles. The first-order chi connectivity index (χ1) is 8.90. The van der Waals surface area contributed by atoms with Crippen LogP contribution < -0.4 is 5.32 Å². The van der Waals surface area contributed by atoms with Crippen LogP contribution in [0.15, 0.2) is 40.5 Å². The number of thiophene rings is 1.